The Bertz CT molecular complexity index is 423. The topological polar surface area (TPSA) is 15.3 Å². The van der Waals surface area contributed by atoms with Crippen molar-refractivity contribution in [1.82, 2.24) is 10.2 Å². The fourth-order valence-corrected chi connectivity index (χ4v) is 3.22. The average molecular weight is 329 g/mol. The molecule has 1 aliphatic heterocycles. The highest BCUT2D eigenvalue weighted by atomic mass is 35.5. The molecule has 0 amide bonds. The van der Waals surface area contributed by atoms with Crippen LogP contribution in [0.2, 0.25) is 5.02 Å². The van der Waals surface area contributed by atoms with Crippen molar-refractivity contribution < 1.29 is 0 Å². The van der Waals surface area contributed by atoms with Gasteiger partial charge in [-0.15, -0.1) is 12.4 Å². The molecule has 0 bridgehead atoms. The van der Waals surface area contributed by atoms with Crippen LogP contribution in [-0.2, 0) is 0 Å². The molecule has 2 aliphatic rings. The van der Waals surface area contributed by atoms with Crippen molar-refractivity contribution in [3.8, 4) is 0 Å². The van der Waals surface area contributed by atoms with Gasteiger partial charge in [0.2, 0.25) is 0 Å². The van der Waals surface area contributed by atoms with Crippen LogP contribution >= 0.6 is 24.0 Å². The van der Waals surface area contributed by atoms with E-state index >= 15 is 0 Å². The van der Waals surface area contributed by atoms with Gasteiger partial charge in [0.25, 0.3) is 0 Å². The van der Waals surface area contributed by atoms with E-state index in [1.54, 1.807) is 0 Å². The van der Waals surface area contributed by atoms with Crippen LogP contribution in [0.3, 0.4) is 0 Å². The molecule has 118 valence electrons. The van der Waals surface area contributed by atoms with Crippen molar-refractivity contribution in [2.75, 3.05) is 19.6 Å². The average Bonchev–Trinajstić information content (AvgIpc) is 3.30. The van der Waals surface area contributed by atoms with Gasteiger partial charge in [-0.1, -0.05) is 23.7 Å². The van der Waals surface area contributed by atoms with E-state index in [1.165, 1.54) is 50.9 Å². The van der Waals surface area contributed by atoms with Crippen LogP contribution in [0.15, 0.2) is 24.3 Å². The van der Waals surface area contributed by atoms with Crippen LogP contribution in [0.5, 0.6) is 0 Å². The molecule has 0 spiro atoms. The second kappa shape index (κ2) is 7.82. The lowest BCUT2D eigenvalue weighted by Gasteiger charge is -2.36. The molecule has 0 aromatic heterocycles. The second-order valence-corrected chi connectivity index (χ2v) is 6.83. The molecule has 21 heavy (non-hydrogen) atoms. The van der Waals surface area contributed by atoms with Crippen molar-refractivity contribution in [3.05, 3.63) is 34.9 Å². The monoisotopic (exact) mass is 328 g/mol. The Morgan fingerprint density at radius 1 is 1.14 bits per heavy atom. The molecule has 2 fully saturated rings. The molecule has 4 heteroatoms. The Balaban J connectivity index is 0.00000161. The number of benzene rings is 1. The van der Waals surface area contributed by atoms with E-state index in [1.807, 2.05) is 12.1 Å². The molecule has 1 atom stereocenters. The highest BCUT2D eigenvalue weighted by Crippen LogP contribution is 2.29. The highest BCUT2D eigenvalue weighted by molar-refractivity contribution is 6.30. The summed E-state index contributed by atoms with van der Waals surface area (Å²) < 4.78 is 0. The van der Waals surface area contributed by atoms with Gasteiger partial charge in [-0.2, -0.15) is 0 Å². The lowest BCUT2D eigenvalue weighted by molar-refractivity contribution is 0.152. The first-order valence-corrected chi connectivity index (χ1v) is 8.33. The van der Waals surface area contributed by atoms with Crippen LogP contribution in [0.4, 0.5) is 0 Å². The van der Waals surface area contributed by atoms with Gasteiger partial charge < -0.3 is 5.32 Å². The first-order valence-electron chi connectivity index (χ1n) is 7.95. The van der Waals surface area contributed by atoms with Crippen molar-refractivity contribution in [3.63, 3.8) is 0 Å². The maximum Gasteiger partial charge on any atom is 0.0406 e. The van der Waals surface area contributed by atoms with E-state index in [9.17, 15) is 0 Å². The number of rotatable bonds is 5. The van der Waals surface area contributed by atoms with E-state index in [4.69, 9.17) is 11.6 Å². The van der Waals surface area contributed by atoms with E-state index in [0.717, 1.165) is 17.0 Å². The van der Waals surface area contributed by atoms with Gasteiger partial charge in [-0.25, -0.2) is 0 Å². The summed E-state index contributed by atoms with van der Waals surface area (Å²) in [7, 11) is 0. The Morgan fingerprint density at radius 3 is 2.33 bits per heavy atom. The Hall–Kier alpha value is -0.280. The summed E-state index contributed by atoms with van der Waals surface area (Å²) in [6.45, 7) is 5.96. The fraction of sp³-hybridized carbons (Fsp3) is 0.647. The molecule has 3 rings (SSSR count). The van der Waals surface area contributed by atoms with Crippen molar-refractivity contribution in [2.45, 2.75) is 44.7 Å². The predicted octanol–water partition coefficient (Wildman–Crippen LogP) is 4.29. The van der Waals surface area contributed by atoms with Gasteiger partial charge in [-0.05, 0) is 62.8 Å². The summed E-state index contributed by atoms with van der Waals surface area (Å²) in [5.41, 5.74) is 1.37. The smallest absolute Gasteiger partial charge is 0.0406 e. The Kier molecular flexibility index (Phi) is 6.36. The quantitative estimate of drug-likeness (QED) is 0.867. The number of likely N-dealkylation sites (tertiary alicyclic amines) is 1. The van der Waals surface area contributed by atoms with Gasteiger partial charge in [-0.3, -0.25) is 4.90 Å². The number of hydrogen-bond acceptors (Lipinski definition) is 2. The molecule has 1 aromatic rings. The molecule has 1 heterocycles. The number of nitrogens with one attached hydrogen (secondary N) is 1. The standard InChI is InChI=1S/C17H25ClN2.ClH/c1-13(15-4-6-16(18)7-5-15)20-10-8-17(9-11-20)19-12-14-2-3-14;/h4-7,13-14,17,19H,2-3,8-12H2,1H3;1H. The maximum absolute atomic E-state index is 5.96. The highest BCUT2D eigenvalue weighted by Gasteiger charge is 2.26. The maximum atomic E-state index is 5.96. The zero-order chi connectivity index (χ0) is 13.9. The van der Waals surface area contributed by atoms with Gasteiger partial charge in [0.05, 0.1) is 0 Å². The van der Waals surface area contributed by atoms with Crippen LogP contribution in [0.1, 0.15) is 44.2 Å². The first kappa shape index (κ1) is 17.1. The predicted molar refractivity (Wildman–Crippen MR) is 92.4 cm³/mol. The summed E-state index contributed by atoms with van der Waals surface area (Å²) in [4.78, 5) is 2.60. The van der Waals surface area contributed by atoms with E-state index in [-0.39, 0.29) is 12.4 Å². The minimum atomic E-state index is 0. The summed E-state index contributed by atoms with van der Waals surface area (Å²) in [6, 6.07) is 9.55. The number of halogens is 2. The lowest BCUT2D eigenvalue weighted by atomic mass is 10.00. The molecule has 1 N–H and O–H groups in total. The zero-order valence-corrected chi connectivity index (χ0v) is 14.3. The molecule has 1 saturated heterocycles. The molecule has 2 nitrogen and oxygen atoms in total. The van der Waals surface area contributed by atoms with Crippen molar-refractivity contribution in [1.29, 1.82) is 0 Å². The van der Waals surface area contributed by atoms with Gasteiger partial charge in [0.15, 0.2) is 0 Å². The van der Waals surface area contributed by atoms with Crippen LogP contribution in [-0.4, -0.2) is 30.6 Å². The van der Waals surface area contributed by atoms with Crippen molar-refractivity contribution in [2.24, 2.45) is 5.92 Å². The van der Waals surface area contributed by atoms with Gasteiger partial charge in [0.1, 0.15) is 0 Å². The number of piperidine rings is 1. The number of nitrogens with zero attached hydrogens (tertiary/aromatic N) is 1. The summed E-state index contributed by atoms with van der Waals surface area (Å²) in [6.07, 6.45) is 5.45. The van der Waals surface area contributed by atoms with Gasteiger partial charge in [0, 0.05) is 30.2 Å². The van der Waals surface area contributed by atoms with E-state index in [0.29, 0.717) is 6.04 Å². The third kappa shape index (κ3) is 4.85. The Labute approximate surface area is 139 Å². The van der Waals surface area contributed by atoms with E-state index in [2.05, 4.69) is 29.3 Å². The molecule has 1 aliphatic carbocycles. The molecule has 0 radical (unpaired) electrons. The normalized spacial score (nSPS) is 21.8. The summed E-state index contributed by atoms with van der Waals surface area (Å²) in [5.74, 6) is 0.987. The third-order valence-corrected chi connectivity index (χ3v) is 5.07. The van der Waals surface area contributed by atoms with Crippen LogP contribution in [0.25, 0.3) is 0 Å². The molecule has 1 saturated carbocycles. The SMILES string of the molecule is CC(c1ccc(Cl)cc1)N1CCC(NCC2CC2)CC1.Cl. The lowest BCUT2D eigenvalue weighted by Crippen LogP contribution is -2.43. The van der Waals surface area contributed by atoms with E-state index < -0.39 is 0 Å². The van der Waals surface area contributed by atoms with Crippen LogP contribution in [0, 0.1) is 5.92 Å². The van der Waals surface area contributed by atoms with Crippen LogP contribution < -0.4 is 5.32 Å². The second-order valence-electron chi connectivity index (χ2n) is 6.39. The largest absolute Gasteiger partial charge is 0.314 e. The summed E-state index contributed by atoms with van der Waals surface area (Å²) in [5, 5.41) is 4.57. The summed E-state index contributed by atoms with van der Waals surface area (Å²) >= 11 is 5.96. The molecular weight excluding hydrogens is 303 g/mol. The Morgan fingerprint density at radius 2 is 1.76 bits per heavy atom. The number of hydrogen-bond donors (Lipinski definition) is 1. The minimum Gasteiger partial charge on any atom is -0.314 e. The molecule has 1 aromatic carbocycles. The third-order valence-electron chi connectivity index (χ3n) is 4.82. The molecule has 1 unspecified atom stereocenters. The zero-order valence-electron chi connectivity index (χ0n) is 12.7. The fourth-order valence-electron chi connectivity index (χ4n) is 3.10. The first-order chi connectivity index (χ1) is 9.72. The minimum absolute atomic E-state index is 0. The van der Waals surface area contributed by atoms with Crippen molar-refractivity contribution >= 4 is 24.0 Å². The molecular formula is C17H26Cl2N2. The van der Waals surface area contributed by atoms with Gasteiger partial charge >= 0.3 is 0 Å².